The van der Waals surface area contributed by atoms with E-state index < -0.39 is 0 Å². The van der Waals surface area contributed by atoms with Gasteiger partial charge in [-0.05, 0) is 43.7 Å². The molecule has 20 heavy (non-hydrogen) atoms. The summed E-state index contributed by atoms with van der Waals surface area (Å²) in [6, 6.07) is 3.89. The van der Waals surface area contributed by atoms with Crippen LogP contribution in [0.4, 0.5) is 11.4 Å². The van der Waals surface area contributed by atoms with Crippen LogP contribution < -0.4 is 11.1 Å². The molecule has 0 bridgehead atoms. The number of aromatic amines is 1. The lowest BCUT2D eigenvalue weighted by Gasteiger charge is -2.39. The number of nitrogens with zero attached hydrogens (tertiary/aromatic N) is 1. The number of nitrogens with one attached hydrogen (secondary N) is 2. The molecule has 2 aromatic rings. The van der Waals surface area contributed by atoms with E-state index in [0.717, 1.165) is 48.2 Å². The molecule has 0 atom stereocenters. The second-order valence-corrected chi connectivity index (χ2v) is 6.14. The Kier molecular flexibility index (Phi) is 3.30. The summed E-state index contributed by atoms with van der Waals surface area (Å²) in [5.41, 5.74) is 8.41. The first-order valence-corrected chi connectivity index (χ1v) is 7.23. The second kappa shape index (κ2) is 4.98. The highest BCUT2D eigenvalue weighted by atomic mass is 16.3. The third kappa shape index (κ3) is 2.33. The minimum atomic E-state index is -0.242. The molecule has 1 fully saturated rings. The Morgan fingerprint density at radius 3 is 2.90 bits per heavy atom. The van der Waals surface area contributed by atoms with Crippen LogP contribution in [0, 0.1) is 5.92 Å². The summed E-state index contributed by atoms with van der Waals surface area (Å²) in [5, 5.41) is 21.3. The number of nitrogen functional groups attached to an aromatic ring is 1. The first-order valence-electron chi connectivity index (χ1n) is 7.23. The molecule has 5 heteroatoms. The highest BCUT2D eigenvalue weighted by Gasteiger charge is 2.33. The van der Waals surface area contributed by atoms with Crippen LogP contribution in [-0.2, 0) is 0 Å². The molecule has 0 spiro atoms. The standard InChI is InChI=1S/C15H22N4O/c1-10-2-4-15(9-20,5-3-10)18-14-7-13-11(6-12(14)16)8-17-19-13/h6-8,10,18,20H,2-5,9,16H2,1H3,(H,17,19). The van der Waals surface area contributed by atoms with E-state index in [0.29, 0.717) is 5.69 Å². The molecule has 5 nitrogen and oxygen atoms in total. The normalized spacial score (nSPS) is 26.8. The minimum Gasteiger partial charge on any atom is -0.397 e. The molecule has 3 rings (SSSR count). The van der Waals surface area contributed by atoms with Gasteiger partial charge in [0.2, 0.25) is 0 Å². The molecule has 1 saturated carbocycles. The number of nitrogens with two attached hydrogens (primary N) is 1. The highest BCUT2D eigenvalue weighted by Crippen LogP contribution is 2.36. The van der Waals surface area contributed by atoms with Crippen molar-refractivity contribution in [1.29, 1.82) is 0 Å². The van der Waals surface area contributed by atoms with Crippen LogP contribution in [0.3, 0.4) is 0 Å². The van der Waals surface area contributed by atoms with Gasteiger partial charge in [-0.2, -0.15) is 5.10 Å². The maximum atomic E-state index is 9.83. The van der Waals surface area contributed by atoms with E-state index in [1.165, 1.54) is 0 Å². The number of rotatable bonds is 3. The van der Waals surface area contributed by atoms with Gasteiger partial charge in [-0.3, -0.25) is 5.10 Å². The number of hydrogen-bond donors (Lipinski definition) is 4. The lowest BCUT2D eigenvalue weighted by atomic mass is 9.77. The van der Waals surface area contributed by atoms with Gasteiger partial charge in [0.05, 0.1) is 35.2 Å². The van der Waals surface area contributed by atoms with Gasteiger partial charge in [0.25, 0.3) is 0 Å². The van der Waals surface area contributed by atoms with Crippen LogP contribution in [0.2, 0.25) is 0 Å². The van der Waals surface area contributed by atoms with Gasteiger partial charge in [-0.25, -0.2) is 0 Å². The smallest absolute Gasteiger partial charge is 0.0672 e. The average Bonchev–Trinajstić information content (AvgIpc) is 2.89. The number of benzene rings is 1. The molecular weight excluding hydrogens is 252 g/mol. The van der Waals surface area contributed by atoms with Crippen molar-refractivity contribution in [2.75, 3.05) is 17.7 Å². The topological polar surface area (TPSA) is 87.0 Å². The van der Waals surface area contributed by atoms with Crippen LogP contribution in [0.15, 0.2) is 18.3 Å². The molecule has 1 aliphatic rings. The van der Waals surface area contributed by atoms with Crippen molar-refractivity contribution in [1.82, 2.24) is 10.2 Å². The van der Waals surface area contributed by atoms with E-state index in [-0.39, 0.29) is 12.1 Å². The number of aliphatic hydroxyl groups excluding tert-OH is 1. The summed E-state index contributed by atoms with van der Waals surface area (Å²) in [6.07, 6.45) is 6.00. The van der Waals surface area contributed by atoms with E-state index in [2.05, 4.69) is 22.4 Å². The quantitative estimate of drug-likeness (QED) is 0.648. The maximum absolute atomic E-state index is 9.83. The van der Waals surface area contributed by atoms with Gasteiger partial charge in [-0.1, -0.05) is 6.92 Å². The molecule has 0 unspecified atom stereocenters. The summed E-state index contributed by atoms with van der Waals surface area (Å²) in [6.45, 7) is 2.41. The Bertz CT molecular complexity index is 599. The van der Waals surface area contributed by atoms with Gasteiger partial charge in [0.1, 0.15) is 0 Å². The first kappa shape index (κ1) is 13.2. The average molecular weight is 274 g/mol. The maximum Gasteiger partial charge on any atom is 0.0672 e. The molecule has 1 aliphatic carbocycles. The van der Waals surface area contributed by atoms with Gasteiger partial charge >= 0.3 is 0 Å². The van der Waals surface area contributed by atoms with Gasteiger partial charge in [0, 0.05) is 5.39 Å². The van der Waals surface area contributed by atoms with Gasteiger partial charge in [-0.15, -0.1) is 0 Å². The monoisotopic (exact) mass is 274 g/mol. The Balaban J connectivity index is 1.88. The minimum absolute atomic E-state index is 0.139. The summed E-state index contributed by atoms with van der Waals surface area (Å²) in [4.78, 5) is 0. The zero-order chi connectivity index (χ0) is 14.2. The summed E-state index contributed by atoms with van der Waals surface area (Å²) < 4.78 is 0. The van der Waals surface area contributed by atoms with Crippen molar-refractivity contribution in [3.63, 3.8) is 0 Å². The molecule has 0 aliphatic heterocycles. The third-order valence-corrected chi connectivity index (χ3v) is 4.54. The second-order valence-electron chi connectivity index (χ2n) is 6.14. The Hall–Kier alpha value is -1.75. The Morgan fingerprint density at radius 1 is 1.45 bits per heavy atom. The predicted octanol–water partition coefficient (Wildman–Crippen LogP) is 2.50. The lowest BCUT2D eigenvalue weighted by Crippen LogP contribution is -2.45. The first-order chi connectivity index (χ1) is 9.62. The predicted molar refractivity (Wildman–Crippen MR) is 81.6 cm³/mol. The van der Waals surface area contributed by atoms with Crippen LogP contribution in [0.1, 0.15) is 32.6 Å². The lowest BCUT2D eigenvalue weighted by molar-refractivity contribution is 0.155. The highest BCUT2D eigenvalue weighted by molar-refractivity contribution is 5.88. The van der Waals surface area contributed by atoms with Crippen molar-refractivity contribution in [2.45, 2.75) is 38.1 Å². The molecular formula is C15H22N4O. The van der Waals surface area contributed by atoms with E-state index >= 15 is 0 Å². The number of fused-ring (bicyclic) bond motifs is 1. The van der Waals surface area contributed by atoms with Crippen molar-refractivity contribution in [3.8, 4) is 0 Å². The van der Waals surface area contributed by atoms with Crippen molar-refractivity contribution < 1.29 is 5.11 Å². The van der Waals surface area contributed by atoms with Crippen molar-refractivity contribution in [2.24, 2.45) is 5.92 Å². The van der Waals surface area contributed by atoms with Crippen LogP contribution >= 0.6 is 0 Å². The molecule has 1 aromatic heterocycles. The fourth-order valence-electron chi connectivity index (χ4n) is 3.04. The number of hydrogen-bond acceptors (Lipinski definition) is 4. The zero-order valence-corrected chi connectivity index (χ0v) is 11.8. The van der Waals surface area contributed by atoms with Gasteiger partial charge in [0.15, 0.2) is 0 Å². The number of anilines is 2. The summed E-state index contributed by atoms with van der Waals surface area (Å²) in [5.74, 6) is 0.740. The fourth-order valence-corrected chi connectivity index (χ4v) is 3.04. The number of aromatic nitrogens is 2. The van der Waals surface area contributed by atoms with E-state index in [1.807, 2.05) is 12.1 Å². The molecule has 0 radical (unpaired) electrons. The fraction of sp³-hybridized carbons (Fsp3) is 0.533. The zero-order valence-electron chi connectivity index (χ0n) is 11.8. The Labute approximate surface area is 118 Å². The molecule has 108 valence electrons. The molecule has 1 heterocycles. The Morgan fingerprint density at radius 2 is 2.20 bits per heavy atom. The van der Waals surface area contributed by atoms with E-state index in [9.17, 15) is 5.11 Å². The molecule has 1 aromatic carbocycles. The summed E-state index contributed by atoms with van der Waals surface area (Å²) >= 11 is 0. The van der Waals surface area contributed by atoms with E-state index in [4.69, 9.17) is 5.73 Å². The number of H-pyrrole nitrogens is 1. The van der Waals surface area contributed by atoms with Crippen LogP contribution in [0.25, 0.3) is 10.9 Å². The number of aliphatic hydroxyl groups is 1. The summed E-state index contributed by atoms with van der Waals surface area (Å²) in [7, 11) is 0. The molecule has 0 saturated heterocycles. The van der Waals surface area contributed by atoms with Crippen LogP contribution in [0.5, 0.6) is 0 Å². The van der Waals surface area contributed by atoms with Crippen molar-refractivity contribution >= 4 is 22.3 Å². The van der Waals surface area contributed by atoms with Gasteiger partial charge < -0.3 is 16.2 Å². The molecule has 0 amide bonds. The third-order valence-electron chi connectivity index (χ3n) is 4.54. The van der Waals surface area contributed by atoms with E-state index in [1.54, 1.807) is 6.20 Å². The van der Waals surface area contributed by atoms with Crippen LogP contribution in [-0.4, -0.2) is 27.4 Å². The SMILES string of the molecule is CC1CCC(CO)(Nc2cc3[nH]ncc3cc2N)CC1. The van der Waals surface area contributed by atoms with Crippen molar-refractivity contribution in [3.05, 3.63) is 18.3 Å². The largest absolute Gasteiger partial charge is 0.397 e. The molecule has 5 N–H and O–H groups in total.